The van der Waals surface area contributed by atoms with E-state index in [1.807, 2.05) is 30.5 Å². The van der Waals surface area contributed by atoms with Crippen LogP contribution in [-0.4, -0.2) is 34.4 Å². The van der Waals surface area contributed by atoms with Crippen molar-refractivity contribution in [2.45, 2.75) is 19.3 Å². The average molecular weight is 300 g/mol. The first-order valence-electron chi connectivity index (χ1n) is 7.09. The van der Waals surface area contributed by atoms with E-state index in [1.165, 1.54) is 0 Å². The fourth-order valence-corrected chi connectivity index (χ4v) is 2.52. The molecule has 0 aliphatic carbocycles. The highest BCUT2D eigenvalue weighted by atomic mass is 16.2. The van der Waals surface area contributed by atoms with Crippen molar-refractivity contribution in [3.8, 4) is 0 Å². The summed E-state index contributed by atoms with van der Waals surface area (Å²) in [7, 11) is 0. The molecule has 0 spiro atoms. The lowest BCUT2D eigenvalue weighted by atomic mass is 10.1. The number of benzene rings is 1. The van der Waals surface area contributed by atoms with Gasteiger partial charge in [-0.25, -0.2) is 9.80 Å². The molecule has 7 heteroatoms. The fourth-order valence-electron chi connectivity index (χ4n) is 2.52. The summed E-state index contributed by atoms with van der Waals surface area (Å²) in [5.74, 6) is -0.686. The third-order valence-corrected chi connectivity index (χ3v) is 3.58. The van der Waals surface area contributed by atoms with Gasteiger partial charge in [0.15, 0.2) is 0 Å². The van der Waals surface area contributed by atoms with Crippen LogP contribution in [0.1, 0.15) is 18.4 Å². The number of aromatic amines is 1. The maximum Gasteiger partial charge on any atom is 0.343 e. The summed E-state index contributed by atoms with van der Waals surface area (Å²) in [4.78, 5) is 37.3. The monoisotopic (exact) mass is 300 g/mol. The second-order valence-electron chi connectivity index (χ2n) is 5.19. The van der Waals surface area contributed by atoms with Crippen molar-refractivity contribution in [2.75, 3.05) is 6.54 Å². The van der Waals surface area contributed by atoms with Gasteiger partial charge in [-0.2, -0.15) is 0 Å². The molecular formula is C15H16N4O3. The van der Waals surface area contributed by atoms with E-state index in [9.17, 15) is 14.4 Å². The van der Waals surface area contributed by atoms with Gasteiger partial charge in [0.05, 0.1) is 0 Å². The number of nitrogens with zero attached hydrogens (tertiary/aromatic N) is 1. The zero-order chi connectivity index (χ0) is 15.5. The number of imide groups is 1. The Bertz CT molecular complexity index is 737. The van der Waals surface area contributed by atoms with E-state index in [4.69, 9.17) is 0 Å². The molecule has 7 nitrogen and oxygen atoms in total. The zero-order valence-electron chi connectivity index (χ0n) is 11.9. The number of hydrazine groups is 1. The number of urea groups is 1. The van der Waals surface area contributed by atoms with E-state index >= 15 is 0 Å². The summed E-state index contributed by atoms with van der Waals surface area (Å²) >= 11 is 0. The average Bonchev–Trinajstić information content (AvgIpc) is 3.03. The Labute approximate surface area is 126 Å². The van der Waals surface area contributed by atoms with Gasteiger partial charge >= 0.3 is 6.03 Å². The van der Waals surface area contributed by atoms with Gasteiger partial charge in [-0.05, 0) is 24.5 Å². The van der Waals surface area contributed by atoms with Gasteiger partial charge in [0.25, 0.3) is 0 Å². The minimum atomic E-state index is -0.588. The van der Waals surface area contributed by atoms with Crippen molar-refractivity contribution < 1.29 is 14.4 Å². The van der Waals surface area contributed by atoms with E-state index in [2.05, 4.69) is 15.7 Å². The predicted octanol–water partition coefficient (Wildman–Crippen LogP) is 1.07. The molecule has 4 amide bonds. The first kappa shape index (κ1) is 14.1. The lowest BCUT2D eigenvalue weighted by molar-refractivity contribution is -0.125. The quantitative estimate of drug-likeness (QED) is 0.721. The van der Waals surface area contributed by atoms with Gasteiger partial charge < -0.3 is 4.98 Å². The molecule has 1 aliphatic heterocycles. The molecule has 0 unspecified atom stereocenters. The summed E-state index contributed by atoms with van der Waals surface area (Å²) < 4.78 is 0. The summed E-state index contributed by atoms with van der Waals surface area (Å²) in [6, 6.07) is 7.42. The number of carbonyl (C=O) groups is 3. The Hall–Kier alpha value is -2.83. The van der Waals surface area contributed by atoms with Crippen LogP contribution >= 0.6 is 0 Å². The Balaban J connectivity index is 1.49. The van der Waals surface area contributed by atoms with Crippen molar-refractivity contribution >= 4 is 28.7 Å². The summed E-state index contributed by atoms with van der Waals surface area (Å²) in [5, 5.41) is 4.26. The molecule has 1 aromatic heterocycles. The minimum Gasteiger partial charge on any atom is -0.361 e. The maximum atomic E-state index is 11.8. The number of aromatic nitrogens is 1. The topological polar surface area (TPSA) is 94.3 Å². The smallest absolute Gasteiger partial charge is 0.343 e. The summed E-state index contributed by atoms with van der Waals surface area (Å²) in [5.41, 5.74) is 4.67. The number of amides is 4. The molecule has 22 heavy (non-hydrogen) atoms. The molecular weight excluding hydrogens is 284 g/mol. The van der Waals surface area contributed by atoms with Gasteiger partial charge in [0.1, 0.15) is 6.54 Å². The van der Waals surface area contributed by atoms with E-state index < -0.39 is 11.9 Å². The molecule has 1 saturated heterocycles. The van der Waals surface area contributed by atoms with Gasteiger partial charge in [-0.1, -0.05) is 18.2 Å². The second kappa shape index (κ2) is 5.88. The van der Waals surface area contributed by atoms with Crippen molar-refractivity contribution in [3.63, 3.8) is 0 Å². The van der Waals surface area contributed by atoms with Crippen LogP contribution in [0.2, 0.25) is 0 Å². The van der Waals surface area contributed by atoms with E-state index in [0.717, 1.165) is 27.9 Å². The van der Waals surface area contributed by atoms with Crippen LogP contribution in [0.4, 0.5) is 4.79 Å². The number of carbonyl (C=O) groups excluding carboxylic acids is 3. The first-order valence-corrected chi connectivity index (χ1v) is 7.09. The van der Waals surface area contributed by atoms with Gasteiger partial charge in [-0.15, -0.1) is 0 Å². The Morgan fingerprint density at radius 1 is 1.27 bits per heavy atom. The highest BCUT2D eigenvalue weighted by molar-refractivity contribution is 6.02. The molecule has 3 rings (SSSR count). The fraction of sp³-hybridized carbons (Fsp3) is 0.267. The Kier molecular flexibility index (Phi) is 3.78. The SMILES string of the molecule is O=C1CN(NC(=O)CCCc2c[nH]c3ccccc23)C(=O)N1. The van der Waals surface area contributed by atoms with Crippen molar-refractivity contribution in [1.29, 1.82) is 0 Å². The normalized spacial score (nSPS) is 14.5. The van der Waals surface area contributed by atoms with Crippen molar-refractivity contribution in [2.24, 2.45) is 0 Å². The number of para-hydroxylation sites is 1. The van der Waals surface area contributed by atoms with Gasteiger partial charge in [-0.3, -0.25) is 20.3 Å². The number of hydrogen-bond acceptors (Lipinski definition) is 3. The minimum absolute atomic E-state index is 0.132. The number of aryl methyl sites for hydroxylation is 1. The lowest BCUT2D eigenvalue weighted by Gasteiger charge is -2.14. The van der Waals surface area contributed by atoms with Crippen LogP contribution in [-0.2, 0) is 16.0 Å². The van der Waals surface area contributed by atoms with Crippen LogP contribution in [0.3, 0.4) is 0 Å². The molecule has 3 N–H and O–H groups in total. The van der Waals surface area contributed by atoms with Crippen LogP contribution in [0.15, 0.2) is 30.5 Å². The van der Waals surface area contributed by atoms with Crippen LogP contribution in [0, 0.1) is 0 Å². The highest BCUT2D eigenvalue weighted by Gasteiger charge is 2.27. The van der Waals surface area contributed by atoms with Crippen LogP contribution in [0.5, 0.6) is 0 Å². The molecule has 0 atom stereocenters. The largest absolute Gasteiger partial charge is 0.361 e. The number of nitrogens with one attached hydrogen (secondary N) is 3. The summed E-state index contributed by atoms with van der Waals surface area (Å²) in [6.45, 7) is -0.132. The Morgan fingerprint density at radius 2 is 2.09 bits per heavy atom. The zero-order valence-corrected chi connectivity index (χ0v) is 11.9. The third kappa shape index (κ3) is 2.93. The van der Waals surface area contributed by atoms with E-state index in [-0.39, 0.29) is 18.9 Å². The van der Waals surface area contributed by atoms with Gasteiger partial charge in [0, 0.05) is 23.5 Å². The molecule has 2 aromatic rings. The van der Waals surface area contributed by atoms with Crippen molar-refractivity contribution in [1.82, 2.24) is 20.7 Å². The summed E-state index contributed by atoms with van der Waals surface area (Å²) in [6.07, 6.45) is 3.67. The molecule has 1 fully saturated rings. The number of fused-ring (bicyclic) bond motifs is 1. The van der Waals surface area contributed by atoms with Crippen LogP contribution < -0.4 is 10.7 Å². The van der Waals surface area contributed by atoms with E-state index in [1.54, 1.807) is 0 Å². The predicted molar refractivity (Wildman–Crippen MR) is 79.6 cm³/mol. The number of H-pyrrole nitrogens is 1. The molecule has 0 bridgehead atoms. The van der Waals surface area contributed by atoms with Crippen LogP contribution in [0.25, 0.3) is 10.9 Å². The molecule has 114 valence electrons. The Morgan fingerprint density at radius 3 is 2.86 bits per heavy atom. The molecule has 1 aromatic carbocycles. The van der Waals surface area contributed by atoms with Gasteiger partial charge in [0.2, 0.25) is 11.8 Å². The number of hydrogen-bond donors (Lipinski definition) is 3. The maximum absolute atomic E-state index is 11.8. The van der Waals surface area contributed by atoms with E-state index in [0.29, 0.717) is 6.42 Å². The molecule has 0 radical (unpaired) electrons. The second-order valence-corrected chi connectivity index (χ2v) is 5.19. The first-order chi connectivity index (χ1) is 10.6. The molecule has 1 aliphatic rings. The number of rotatable bonds is 5. The van der Waals surface area contributed by atoms with Crippen molar-refractivity contribution in [3.05, 3.63) is 36.0 Å². The molecule has 0 saturated carbocycles. The third-order valence-electron chi connectivity index (χ3n) is 3.58. The highest BCUT2D eigenvalue weighted by Crippen LogP contribution is 2.19. The molecule has 2 heterocycles. The lowest BCUT2D eigenvalue weighted by Crippen LogP contribution is -2.44. The standard InChI is InChI=1S/C15H16N4O3/c20-13(18-19-9-14(21)17-15(19)22)7-3-4-10-8-16-12-6-2-1-5-11(10)12/h1-2,5-6,8,16H,3-4,7,9H2,(H,18,20)(H,17,21,22).